The normalized spacial score (nSPS) is 19.1. The zero-order valence-electron chi connectivity index (χ0n) is 11.5. The number of aryl methyl sites for hydroxylation is 1. The molecule has 2 rings (SSSR count). The molecule has 1 aromatic carbocycles. The Morgan fingerprint density at radius 1 is 1.53 bits per heavy atom. The van der Waals surface area contributed by atoms with Gasteiger partial charge in [-0.25, -0.2) is 0 Å². The van der Waals surface area contributed by atoms with Gasteiger partial charge in [0.25, 0.3) is 0 Å². The van der Waals surface area contributed by atoms with Crippen molar-refractivity contribution in [2.24, 2.45) is 0 Å². The van der Waals surface area contributed by atoms with Gasteiger partial charge in [-0.05, 0) is 36.8 Å². The summed E-state index contributed by atoms with van der Waals surface area (Å²) in [6, 6.07) is 8.12. The Hall–Kier alpha value is -1.75. The van der Waals surface area contributed by atoms with Gasteiger partial charge in [-0.1, -0.05) is 43.5 Å². The van der Waals surface area contributed by atoms with E-state index in [-0.39, 0.29) is 17.9 Å². The summed E-state index contributed by atoms with van der Waals surface area (Å²) in [6.45, 7) is 2.08. The van der Waals surface area contributed by atoms with Crippen LogP contribution in [0.4, 0.5) is 0 Å². The molecule has 1 aromatic rings. The highest BCUT2D eigenvalue weighted by Gasteiger charge is 2.26. The topological polar surface area (TPSA) is 29.1 Å². The van der Waals surface area contributed by atoms with Gasteiger partial charge in [0.05, 0.1) is 12.0 Å². The van der Waals surface area contributed by atoms with E-state index in [2.05, 4.69) is 30.3 Å². The molecule has 1 aliphatic carbocycles. The predicted octanol–water partition coefficient (Wildman–Crippen LogP) is 3.02. The number of benzene rings is 1. The van der Waals surface area contributed by atoms with Crippen LogP contribution in [0.15, 0.2) is 24.3 Å². The van der Waals surface area contributed by atoms with Crippen molar-refractivity contribution in [2.75, 3.05) is 0 Å². The molecule has 0 spiro atoms. The summed E-state index contributed by atoms with van der Waals surface area (Å²) in [5, 5.41) is 3.00. The molecule has 19 heavy (non-hydrogen) atoms. The molecule has 100 valence electrons. The van der Waals surface area contributed by atoms with E-state index in [4.69, 9.17) is 6.42 Å². The first-order valence-electron chi connectivity index (χ1n) is 7.10. The fourth-order valence-corrected chi connectivity index (χ4v) is 2.78. The SMILES string of the molecule is C#CC(CCC)NC(=O)C1CCCc2ccccc21. The Morgan fingerprint density at radius 3 is 3.05 bits per heavy atom. The molecule has 0 aliphatic heterocycles. The van der Waals surface area contributed by atoms with Crippen LogP contribution in [0, 0.1) is 12.3 Å². The lowest BCUT2D eigenvalue weighted by Gasteiger charge is -2.25. The van der Waals surface area contributed by atoms with Gasteiger partial charge in [0.15, 0.2) is 0 Å². The van der Waals surface area contributed by atoms with Gasteiger partial charge in [0.2, 0.25) is 5.91 Å². The Balaban J connectivity index is 2.11. The monoisotopic (exact) mass is 255 g/mol. The minimum Gasteiger partial charge on any atom is -0.342 e. The average molecular weight is 255 g/mol. The molecule has 0 heterocycles. The van der Waals surface area contributed by atoms with Crippen LogP contribution in [-0.4, -0.2) is 11.9 Å². The molecular weight excluding hydrogens is 234 g/mol. The number of terminal acetylenes is 1. The third-order valence-corrected chi connectivity index (χ3v) is 3.78. The van der Waals surface area contributed by atoms with Crippen molar-refractivity contribution in [3.8, 4) is 12.3 Å². The number of fused-ring (bicyclic) bond motifs is 1. The van der Waals surface area contributed by atoms with E-state index >= 15 is 0 Å². The lowest BCUT2D eigenvalue weighted by Crippen LogP contribution is -2.38. The Labute approximate surface area is 115 Å². The fraction of sp³-hybridized carbons (Fsp3) is 0.471. The number of carbonyl (C=O) groups excluding carboxylic acids is 1. The van der Waals surface area contributed by atoms with Crippen LogP contribution in [0.25, 0.3) is 0 Å². The molecule has 2 nitrogen and oxygen atoms in total. The molecule has 0 saturated heterocycles. The Bertz CT molecular complexity index is 486. The van der Waals surface area contributed by atoms with E-state index in [1.807, 2.05) is 12.1 Å². The predicted molar refractivity (Wildman–Crippen MR) is 77.8 cm³/mol. The summed E-state index contributed by atoms with van der Waals surface area (Å²) < 4.78 is 0. The van der Waals surface area contributed by atoms with Gasteiger partial charge < -0.3 is 5.32 Å². The molecule has 2 heteroatoms. The number of hydrogen-bond acceptors (Lipinski definition) is 1. The van der Waals surface area contributed by atoms with Crippen molar-refractivity contribution in [1.29, 1.82) is 0 Å². The number of carbonyl (C=O) groups is 1. The van der Waals surface area contributed by atoms with Gasteiger partial charge in [0.1, 0.15) is 0 Å². The second kappa shape index (κ2) is 6.43. The fourth-order valence-electron chi connectivity index (χ4n) is 2.78. The van der Waals surface area contributed by atoms with Gasteiger partial charge >= 0.3 is 0 Å². The van der Waals surface area contributed by atoms with Crippen LogP contribution in [0.5, 0.6) is 0 Å². The largest absolute Gasteiger partial charge is 0.342 e. The van der Waals surface area contributed by atoms with E-state index < -0.39 is 0 Å². The summed E-state index contributed by atoms with van der Waals surface area (Å²) in [5.74, 6) is 2.72. The number of amides is 1. The van der Waals surface area contributed by atoms with E-state index in [0.717, 1.165) is 32.1 Å². The Morgan fingerprint density at radius 2 is 2.32 bits per heavy atom. The number of rotatable bonds is 4. The standard InChI is InChI=1S/C17H21NO/c1-3-8-14(4-2)18-17(19)16-12-7-10-13-9-5-6-11-15(13)16/h2,5-6,9,11,14,16H,3,7-8,10,12H2,1H3,(H,18,19). The minimum absolute atomic E-state index is 0.0299. The summed E-state index contributed by atoms with van der Waals surface area (Å²) in [6.07, 6.45) is 10.4. The van der Waals surface area contributed by atoms with E-state index in [9.17, 15) is 4.79 Å². The summed E-state index contributed by atoms with van der Waals surface area (Å²) in [7, 11) is 0. The molecule has 2 unspecified atom stereocenters. The minimum atomic E-state index is -0.133. The molecule has 1 amide bonds. The second-order valence-electron chi connectivity index (χ2n) is 5.16. The zero-order valence-corrected chi connectivity index (χ0v) is 11.5. The van der Waals surface area contributed by atoms with Crippen molar-refractivity contribution in [3.63, 3.8) is 0 Å². The van der Waals surface area contributed by atoms with Crippen LogP contribution in [0.3, 0.4) is 0 Å². The molecule has 0 fully saturated rings. The lowest BCUT2D eigenvalue weighted by molar-refractivity contribution is -0.123. The molecule has 1 N–H and O–H groups in total. The van der Waals surface area contributed by atoms with Gasteiger partial charge in [-0.2, -0.15) is 0 Å². The summed E-state index contributed by atoms with van der Waals surface area (Å²) in [5.41, 5.74) is 2.49. The highest BCUT2D eigenvalue weighted by atomic mass is 16.1. The maximum atomic E-state index is 12.4. The van der Waals surface area contributed by atoms with E-state index in [0.29, 0.717) is 0 Å². The van der Waals surface area contributed by atoms with Crippen LogP contribution < -0.4 is 5.32 Å². The smallest absolute Gasteiger partial charge is 0.228 e. The highest BCUT2D eigenvalue weighted by Crippen LogP contribution is 2.31. The van der Waals surface area contributed by atoms with Crippen LogP contribution >= 0.6 is 0 Å². The van der Waals surface area contributed by atoms with Crippen molar-refractivity contribution in [3.05, 3.63) is 35.4 Å². The summed E-state index contributed by atoms with van der Waals surface area (Å²) >= 11 is 0. The van der Waals surface area contributed by atoms with Crippen LogP contribution in [-0.2, 0) is 11.2 Å². The second-order valence-corrected chi connectivity index (χ2v) is 5.16. The lowest BCUT2D eigenvalue weighted by atomic mass is 9.82. The quantitative estimate of drug-likeness (QED) is 0.823. The van der Waals surface area contributed by atoms with Crippen molar-refractivity contribution in [1.82, 2.24) is 5.32 Å². The van der Waals surface area contributed by atoms with E-state index in [1.54, 1.807) is 0 Å². The Kier molecular flexibility index (Phi) is 4.63. The molecule has 0 saturated carbocycles. The van der Waals surface area contributed by atoms with Crippen molar-refractivity contribution >= 4 is 5.91 Å². The molecule has 2 atom stereocenters. The van der Waals surface area contributed by atoms with Crippen molar-refractivity contribution in [2.45, 2.75) is 51.0 Å². The maximum absolute atomic E-state index is 12.4. The van der Waals surface area contributed by atoms with Crippen LogP contribution in [0.2, 0.25) is 0 Å². The third-order valence-electron chi connectivity index (χ3n) is 3.78. The first-order valence-corrected chi connectivity index (χ1v) is 7.10. The molecular formula is C17H21NO. The zero-order chi connectivity index (χ0) is 13.7. The molecule has 0 aromatic heterocycles. The number of hydrogen-bond donors (Lipinski definition) is 1. The van der Waals surface area contributed by atoms with Crippen LogP contribution in [0.1, 0.15) is 49.7 Å². The average Bonchev–Trinajstić information content (AvgIpc) is 2.46. The molecule has 0 bridgehead atoms. The van der Waals surface area contributed by atoms with Gasteiger partial charge in [0, 0.05) is 0 Å². The van der Waals surface area contributed by atoms with E-state index in [1.165, 1.54) is 11.1 Å². The first-order chi connectivity index (χ1) is 9.26. The van der Waals surface area contributed by atoms with Crippen molar-refractivity contribution < 1.29 is 4.79 Å². The number of nitrogens with one attached hydrogen (secondary N) is 1. The first kappa shape index (κ1) is 13.7. The maximum Gasteiger partial charge on any atom is 0.228 e. The third kappa shape index (κ3) is 3.17. The summed E-state index contributed by atoms with van der Waals surface area (Å²) in [4.78, 5) is 12.4. The highest BCUT2D eigenvalue weighted by molar-refractivity contribution is 5.84. The van der Waals surface area contributed by atoms with Gasteiger partial charge in [-0.15, -0.1) is 6.42 Å². The molecule has 0 radical (unpaired) electrons. The molecule has 1 aliphatic rings. The van der Waals surface area contributed by atoms with Gasteiger partial charge in [-0.3, -0.25) is 4.79 Å².